The summed E-state index contributed by atoms with van der Waals surface area (Å²) in [7, 11) is 2.72. The number of hydrogen-bond acceptors (Lipinski definition) is 5. The van der Waals surface area contributed by atoms with Gasteiger partial charge >= 0.3 is 5.97 Å². The van der Waals surface area contributed by atoms with Crippen molar-refractivity contribution in [1.29, 1.82) is 0 Å². The molecular weight excluding hydrogens is 224 g/mol. The molecule has 17 heavy (non-hydrogen) atoms. The highest BCUT2D eigenvalue weighted by atomic mass is 16.5. The van der Waals surface area contributed by atoms with Gasteiger partial charge in [0.15, 0.2) is 6.10 Å². The van der Waals surface area contributed by atoms with Crippen molar-refractivity contribution < 1.29 is 24.1 Å². The molecule has 1 unspecified atom stereocenters. The van der Waals surface area contributed by atoms with Crippen LogP contribution in [0.15, 0.2) is 12.1 Å². The van der Waals surface area contributed by atoms with Crippen LogP contribution in [0.1, 0.15) is 17.2 Å². The van der Waals surface area contributed by atoms with E-state index in [1.165, 1.54) is 14.2 Å². The predicted molar refractivity (Wildman–Crippen MR) is 59.2 cm³/mol. The molecule has 0 amide bonds. The van der Waals surface area contributed by atoms with Crippen LogP contribution in [0.2, 0.25) is 0 Å². The van der Waals surface area contributed by atoms with Crippen LogP contribution in [0.3, 0.4) is 0 Å². The summed E-state index contributed by atoms with van der Waals surface area (Å²) < 4.78 is 15.0. The fourth-order valence-electron chi connectivity index (χ4n) is 1.85. The summed E-state index contributed by atoms with van der Waals surface area (Å²) in [6, 6.07) is 3.41. The monoisotopic (exact) mass is 238 g/mol. The number of carbonyl (C=O) groups excluding carboxylic acids is 1. The van der Waals surface area contributed by atoms with Gasteiger partial charge in [-0.15, -0.1) is 0 Å². The summed E-state index contributed by atoms with van der Waals surface area (Å²) in [5.41, 5.74) is 1.38. The summed E-state index contributed by atoms with van der Waals surface area (Å²) in [5, 5.41) is 9.82. The van der Waals surface area contributed by atoms with Gasteiger partial charge < -0.3 is 19.3 Å². The molecule has 2 rings (SSSR count). The van der Waals surface area contributed by atoms with E-state index in [9.17, 15) is 9.90 Å². The molecule has 5 nitrogen and oxygen atoms in total. The third-order valence-electron chi connectivity index (χ3n) is 2.76. The largest absolute Gasteiger partial charge is 0.496 e. The van der Waals surface area contributed by atoms with E-state index in [1.807, 2.05) is 0 Å². The Morgan fingerprint density at radius 1 is 1.47 bits per heavy atom. The molecule has 0 fully saturated rings. The van der Waals surface area contributed by atoms with Gasteiger partial charge in [-0.2, -0.15) is 0 Å². The molecule has 0 bridgehead atoms. The lowest BCUT2D eigenvalue weighted by atomic mass is 10.0. The Morgan fingerprint density at radius 2 is 2.24 bits per heavy atom. The zero-order valence-electron chi connectivity index (χ0n) is 9.73. The van der Waals surface area contributed by atoms with Crippen LogP contribution >= 0.6 is 0 Å². The quantitative estimate of drug-likeness (QED) is 0.790. The van der Waals surface area contributed by atoms with Crippen LogP contribution < -0.4 is 9.47 Å². The van der Waals surface area contributed by atoms with Gasteiger partial charge in [0.25, 0.3) is 0 Å². The summed E-state index contributed by atoms with van der Waals surface area (Å²) >= 11 is 0. The molecule has 0 saturated heterocycles. The summed E-state index contributed by atoms with van der Waals surface area (Å²) in [4.78, 5) is 11.3. The third-order valence-corrected chi connectivity index (χ3v) is 2.76. The minimum Gasteiger partial charge on any atom is -0.496 e. The minimum absolute atomic E-state index is 0.361. The van der Waals surface area contributed by atoms with Crippen LogP contribution in [0, 0.1) is 0 Å². The molecule has 0 aliphatic carbocycles. The van der Waals surface area contributed by atoms with E-state index in [4.69, 9.17) is 9.47 Å². The highest BCUT2D eigenvalue weighted by molar-refractivity contribution is 5.77. The molecule has 5 heteroatoms. The van der Waals surface area contributed by atoms with Crippen molar-refractivity contribution in [3.05, 3.63) is 23.3 Å². The van der Waals surface area contributed by atoms with Gasteiger partial charge in [0, 0.05) is 17.5 Å². The smallest absolute Gasteiger partial charge is 0.339 e. The maximum Gasteiger partial charge on any atom is 0.339 e. The molecule has 0 spiro atoms. The van der Waals surface area contributed by atoms with Gasteiger partial charge in [-0.1, -0.05) is 0 Å². The summed E-state index contributed by atoms with van der Waals surface area (Å²) in [6.07, 6.45) is -0.551. The molecule has 1 aromatic rings. The first-order chi connectivity index (χ1) is 8.17. The van der Waals surface area contributed by atoms with Crippen molar-refractivity contribution >= 4 is 5.97 Å². The van der Waals surface area contributed by atoms with E-state index in [2.05, 4.69) is 4.74 Å². The number of carbonyl (C=O) groups is 1. The normalized spacial score (nSPS) is 14.8. The Balaban J connectivity index is 2.42. The molecule has 0 aromatic heterocycles. The standard InChI is InChI=1S/C12H14O5/c1-15-10-5-7-3-4-17-9(7)6-8(10)11(13)12(14)16-2/h5-6,11,13H,3-4H2,1-2H3. The average Bonchev–Trinajstić information content (AvgIpc) is 2.82. The Kier molecular flexibility index (Phi) is 3.19. The highest BCUT2D eigenvalue weighted by Crippen LogP contribution is 2.36. The van der Waals surface area contributed by atoms with Gasteiger partial charge in [-0.3, -0.25) is 0 Å². The Bertz CT molecular complexity index is 441. The Hall–Kier alpha value is -1.75. The van der Waals surface area contributed by atoms with E-state index in [1.54, 1.807) is 12.1 Å². The van der Waals surface area contributed by atoms with E-state index in [-0.39, 0.29) is 0 Å². The van der Waals surface area contributed by atoms with Crippen molar-refractivity contribution in [3.8, 4) is 11.5 Å². The van der Waals surface area contributed by atoms with Crippen LogP contribution in [0.5, 0.6) is 11.5 Å². The first-order valence-corrected chi connectivity index (χ1v) is 5.27. The van der Waals surface area contributed by atoms with E-state index < -0.39 is 12.1 Å². The van der Waals surface area contributed by atoms with Gasteiger partial charge in [0.05, 0.1) is 20.8 Å². The van der Waals surface area contributed by atoms with Crippen molar-refractivity contribution in [2.45, 2.75) is 12.5 Å². The number of ether oxygens (including phenoxy) is 3. The SMILES string of the molecule is COC(=O)C(O)c1cc2c(cc1OC)CCO2. The fourth-order valence-corrected chi connectivity index (χ4v) is 1.85. The highest BCUT2D eigenvalue weighted by Gasteiger charge is 2.25. The number of rotatable bonds is 3. The molecule has 0 saturated carbocycles. The van der Waals surface area contributed by atoms with Crippen LogP contribution in [0.25, 0.3) is 0 Å². The lowest BCUT2D eigenvalue weighted by molar-refractivity contribution is -0.150. The minimum atomic E-state index is -1.36. The molecule has 1 N–H and O–H groups in total. The zero-order chi connectivity index (χ0) is 12.4. The molecule has 1 aliphatic rings. The third kappa shape index (κ3) is 2.06. The Morgan fingerprint density at radius 3 is 2.88 bits per heavy atom. The maximum absolute atomic E-state index is 11.3. The average molecular weight is 238 g/mol. The number of aliphatic hydroxyl groups is 1. The van der Waals surface area contributed by atoms with Crippen molar-refractivity contribution in [2.24, 2.45) is 0 Å². The van der Waals surface area contributed by atoms with Gasteiger partial charge in [-0.05, 0) is 12.1 Å². The van der Waals surface area contributed by atoms with Crippen molar-refractivity contribution in [2.75, 3.05) is 20.8 Å². The van der Waals surface area contributed by atoms with E-state index in [0.717, 1.165) is 12.0 Å². The molecule has 1 aliphatic heterocycles. The van der Waals surface area contributed by atoms with E-state index in [0.29, 0.717) is 23.7 Å². The summed E-state index contributed by atoms with van der Waals surface area (Å²) in [6.45, 7) is 0.607. The molecular formula is C12H14O5. The molecule has 1 atom stereocenters. The molecule has 92 valence electrons. The van der Waals surface area contributed by atoms with E-state index >= 15 is 0 Å². The second kappa shape index (κ2) is 4.63. The van der Waals surface area contributed by atoms with Gasteiger partial charge in [0.2, 0.25) is 0 Å². The second-order valence-corrected chi connectivity index (χ2v) is 3.73. The molecule has 1 heterocycles. The number of esters is 1. The fraction of sp³-hybridized carbons (Fsp3) is 0.417. The summed E-state index contributed by atoms with van der Waals surface area (Å²) in [5.74, 6) is 0.428. The number of methoxy groups -OCH3 is 2. The first kappa shape index (κ1) is 11.7. The Labute approximate surface area is 98.9 Å². The van der Waals surface area contributed by atoms with Gasteiger partial charge in [-0.25, -0.2) is 4.79 Å². The topological polar surface area (TPSA) is 65.0 Å². The number of aliphatic hydroxyl groups excluding tert-OH is 1. The number of hydrogen-bond donors (Lipinski definition) is 1. The van der Waals surface area contributed by atoms with Crippen LogP contribution in [0.4, 0.5) is 0 Å². The number of benzene rings is 1. The lowest BCUT2D eigenvalue weighted by Crippen LogP contribution is -2.14. The first-order valence-electron chi connectivity index (χ1n) is 5.27. The van der Waals surface area contributed by atoms with Crippen LogP contribution in [-0.2, 0) is 16.0 Å². The van der Waals surface area contributed by atoms with Gasteiger partial charge in [0.1, 0.15) is 11.5 Å². The predicted octanol–water partition coefficient (Wildman–Crippen LogP) is 0.836. The zero-order valence-corrected chi connectivity index (χ0v) is 9.73. The lowest BCUT2D eigenvalue weighted by Gasteiger charge is -2.14. The van der Waals surface area contributed by atoms with Crippen molar-refractivity contribution in [1.82, 2.24) is 0 Å². The second-order valence-electron chi connectivity index (χ2n) is 3.73. The number of fused-ring (bicyclic) bond motifs is 1. The molecule has 1 aromatic carbocycles. The molecule has 0 radical (unpaired) electrons. The maximum atomic E-state index is 11.3. The van der Waals surface area contributed by atoms with Crippen LogP contribution in [-0.4, -0.2) is 31.9 Å². The van der Waals surface area contributed by atoms with Crippen molar-refractivity contribution in [3.63, 3.8) is 0 Å².